The van der Waals surface area contributed by atoms with Gasteiger partial charge in [-0.1, -0.05) is 48.5 Å². The molecular weight excluding hydrogens is 751 g/mol. The van der Waals surface area contributed by atoms with Gasteiger partial charge in [-0.25, -0.2) is 19.9 Å². The molecule has 0 saturated carbocycles. The van der Waals surface area contributed by atoms with E-state index in [1.54, 1.807) is 107 Å². The lowest BCUT2D eigenvalue weighted by molar-refractivity contribution is -0.138. The molecule has 10 rings (SSSR count). The number of halogens is 6. The van der Waals surface area contributed by atoms with Gasteiger partial charge in [-0.05, 0) is 96.1 Å². The van der Waals surface area contributed by atoms with Crippen LogP contribution in [0.4, 0.5) is 26.3 Å². The van der Waals surface area contributed by atoms with Crippen molar-refractivity contribution >= 4 is 43.6 Å². The van der Waals surface area contributed by atoms with Gasteiger partial charge >= 0.3 is 12.4 Å². The molecule has 4 aromatic heterocycles. The summed E-state index contributed by atoms with van der Waals surface area (Å²) in [5.41, 5.74) is 1.01. The number of aromatic nitrogens is 6. The molecule has 58 heavy (non-hydrogen) atoms. The highest BCUT2D eigenvalue weighted by Crippen LogP contribution is 2.47. The summed E-state index contributed by atoms with van der Waals surface area (Å²) in [6.07, 6.45) is -3.21. The number of benzene rings is 6. The Hall–Kier alpha value is -7.34. The molecule has 6 aromatic carbocycles. The van der Waals surface area contributed by atoms with Crippen molar-refractivity contribution < 1.29 is 26.3 Å². The quantitative estimate of drug-likeness (QED) is 0.163. The van der Waals surface area contributed by atoms with Crippen LogP contribution in [-0.4, -0.2) is 29.1 Å². The van der Waals surface area contributed by atoms with E-state index < -0.39 is 23.5 Å². The molecule has 0 aliphatic carbocycles. The molecule has 0 spiro atoms. The lowest BCUT2D eigenvalue weighted by Crippen LogP contribution is -2.16. The zero-order valence-corrected chi connectivity index (χ0v) is 30.0. The van der Waals surface area contributed by atoms with Gasteiger partial charge in [0, 0.05) is 57.5 Å². The number of hydrogen-bond donors (Lipinski definition) is 0. The molecule has 0 fully saturated rings. The van der Waals surface area contributed by atoms with E-state index in [-0.39, 0.29) is 22.5 Å². The Morgan fingerprint density at radius 1 is 0.362 bits per heavy atom. The van der Waals surface area contributed by atoms with E-state index in [0.29, 0.717) is 66.4 Å². The van der Waals surface area contributed by atoms with E-state index in [2.05, 4.69) is 19.9 Å². The molecule has 6 nitrogen and oxygen atoms in total. The highest BCUT2D eigenvalue weighted by atomic mass is 19.4. The van der Waals surface area contributed by atoms with E-state index in [1.165, 1.54) is 24.3 Å². The molecule has 10 aromatic rings. The zero-order chi connectivity index (χ0) is 39.8. The Morgan fingerprint density at radius 2 is 0.828 bits per heavy atom. The first-order chi connectivity index (χ1) is 28.0. The standard InChI is InChI=1S/C46H26F6N6/c47-45(48,49)31-9-5-8-27(22-31)30-25-40(57-36-12-3-1-10-32(36)34-23-28(14-16-38(34)57)43-53-18-6-19-54-43)42(46(50,51)52)41(26-30)58-37-13-4-2-11-33(37)35-24-29(15-17-39(35)58)44-55-20-7-21-56-44/h1-26H. The van der Waals surface area contributed by atoms with Gasteiger partial charge in [0.1, 0.15) is 5.56 Å². The van der Waals surface area contributed by atoms with Gasteiger partial charge in [-0.2, -0.15) is 26.3 Å². The van der Waals surface area contributed by atoms with Crippen molar-refractivity contribution in [3.05, 3.63) is 169 Å². The summed E-state index contributed by atoms with van der Waals surface area (Å²) >= 11 is 0. The van der Waals surface area contributed by atoms with Gasteiger partial charge in [0.25, 0.3) is 0 Å². The summed E-state index contributed by atoms with van der Waals surface area (Å²) < 4.78 is 94.1. The minimum absolute atomic E-state index is 0.0969. The monoisotopic (exact) mass is 776 g/mol. The van der Waals surface area contributed by atoms with Crippen LogP contribution in [0.2, 0.25) is 0 Å². The lowest BCUT2D eigenvalue weighted by Gasteiger charge is -2.23. The van der Waals surface area contributed by atoms with Crippen LogP contribution in [-0.2, 0) is 12.4 Å². The third kappa shape index (κ3) is 5.75. The van der Waals surface area contributed by atoms with Crippen LogP contribution in [0, 0.1) is 0 Å². The number of para-hydroxylation sites is 2. The fourth-order valence-electron chi connectivity index (χ4n) is 7.94. The number of rotatable bonds is 5. The van der Waals surface area contributed by atoms with Crippen molar-refractivity contribution in [3.8, 4) is 45.3 Å². The van der Waals surface area contributed by atoms with Crippen LogP contribution in [0.1, 0.15) is 11.1 Å². The minimum Gasteiger partial charge on any atom is -0.309 e. The van der Waals surface area contributed by atoms with Crippen LogP contribution in [0.15, 0.2) is 158 Å². The molecule has 0 aliphatic rings. The molecule has 0 saturated heterocycles. The third-order valence-electron chi connectivity index (χ3n) is 10.4. The number of hydrogen-bond acceptors (Lipinski definition) is 4. The average molecular weight is 777 g/mol. The van der Waals surface area contributed by atoms with Crippen molar-refractivity contribution in [3.63, 3.8) is 0 Å². The fraction of sp³-hybridized carbons (Fsp3) is 0.0435. The topological polar surface area (TPSA) is 61.4 Å². The fourth-order valence-corrected chi connectivity index (χ4v) is 7.94. The highest BCUT2D eigenvalue weighted by molar-refractivity contribution is 6.12. The molecule has 4 heterocycles. The van der Waals surface area contributed by atoms with E-state index >= 15 is 13.2 Å². The van der Waals surface area contributed by atoms with Gasteiger partial charge in [0.15, 0.2) is 11.6 Å². The molecular formula is C46H26F6N6. The summed E-state index contributed by atoms with van der Waals surface area (Å²) in [5, 5.41) is 2.63. The van der Waals surface area contributed by atoms with E-state index in [0.717, 1.165) is 12.1 Å². The van der Waals surface area contributed by atoms with Gasteiger partial charge in [0.05, 0.1) is 39.0 Å². The van der Waals surface area contributed by atoms with Crippen LogP contribution >= 0.6 is 0 Å². The lowest BCUT2D eigenvalue weighted by atomic mass is 9.97. The van der Waals surface area contributed by atoms with Gasteiger partial charge in [-0.15, -0.1) is 0 Å². The SMILES string of the molecule is FC(F)(F)c1cccc(-c2cc(-n3c4ccccc4c4cc(-c5ncccn5)ccc43)c(C(F)(F)F)c(-n3c4ccccc4c4cc(-c5ncccn5)ccc43)c2)c1. The summed E-state index contributed by atoms with van der Waals surface area (Å²) in [6.45, 7) is 0. The van der Waals surface area contributed by atoms with Crippen LogP contribution < -0.4 is 0 Å². The normalized spacial score (nSPS) is 12.3. The Kier molecular flexibility index (Phi) is 7.94. The molecule has 0 N–H and O–H groups in total. The first-order valence-electron chi connectivity index (χ1n) is 18.1. The van der Waals surface area contributed by atoms with E-state index in [9.17, 15) is 13.2 Å². The Labute approximate surface area is 325 Å². The van der Waals surface area contributed by atoms with Gasteiger partial charge in [0.2, 0.25) is 0 Å². The minimum atomic E-state index is -4.96. The predicted molar refractivity (Wildman–Crippen MR) is 213 cm³/mol. The van der Waals surface area contributed by atoms with Crippen molar-refractivity contribution in [2.75, 3.05) is 0 Å². The van der Waals surface area contributed by atoms with Gasteiger partial charge in [-0.3, -0.25) is 0 Å². The molecule has 12 heteroatoms. The molecule has 282 valence electrons. The summed E-state index contributed by atoms with van der Waals surface area (Å²) in [4.78, 5) is 17.5. The second-order valence-electron chi connectivity index (χ2n) is 13.8. The third-order valence-corrected chi connectivity index (χ3v) is 10.4. The largest absolute Gasteiger partial charge is 0.420 e. The maximum Gasteiger partial charge on any atom is 0.420 e. The average Bonchev–Trinajstić information content (AvgIpc) is 3.75. The van der Waals surface area contributed by atoms with Crippen LogP contribution in [0.3, 0.4) is 0 Å². The van der Waals surface area contributed by atoms with Crippen LogP contribution in [0.5, 0.6) is 0 Å². The highest BCUT2D eigenvalue weighted by Gasteiger charge is 2.40. The predicted octanol–water partition coefficient (Wildman–Crippen LogP) is 12.5. The summed E-state index contributed by atoms with van der Waals surface area (Å²) in [7, 11) is 0. The van der Waals surface area contributed by atoms with Gasteiger partial charge < -0.3 is 9.13 Å². The van der Waals surface area contributed by atoms with Crippen LogP contribution in [0.25, 0.3) is 88.9 Å². The Morgan fingerprint density at radius 3 is 1.29 bits per heavy atom. The second-order valence-corrected chi connectivity index (χ2v) is 13.8. The number of nitrogens with zero attached hydrogens (tertiary/aromatic N) is 6. The Bertz CT molecular complexity index is 3030. The molecule has 0 unspecified atom stereocenters. The summed E-state index contributed by atoms with van der Waals surface area (Å²) in [6, 6.07) is 35.5. The smallest absolute Gasteiger partial charge is 0.309 e. The molecule has 0 atom stereocenters. The molecule has 0 radical (unpaired) electrons. The number of fused-ring (bicyclic) bond motifs is 6. The molecule has 0 bridgehead atoms. The summed E-state index contributed by atoms with van der Waals surface area (Å²) in [5.74, 6) is 0.888. The molecule has 0 aliphatic heterocycles. The maximum absolute atomic E-state index is 16.2. The maximum atomic E-state index is 16.2. The van der Waals surface area contributed by atoms with E-state index in [4.69, 9.17) is 0 Å². The Balaban J connectivity index is 1.34. The zero-order valence-electron chi connectivity index (χ0n) is 30.0. The van der Waals surface area contributed by atoms with Crippen molar-refractivity contribution in [1.29, 1.82) is 0 Å². The first kappa shape index (κ1) is 35.1. The second kappa shape index (κ2) is 13.1. The first-order valence-corrected chi connectivity index (χ1v) is 18.1. The van der Waals surface area contributed by atoms with Crippen molar-refractivity contribution in [2.24, 2.45) is 0 Å². The van der Waals surface area contributed by atoms with Crippen molar-refractivity contribution in [1.82, 2.24) is 29.1 Å². The van der Waals surface area contributed by atoms with E-state index in [1.807, 2.05) is 24.3 Å². The van der Waals surface area contributed by atoms with Crippen molar-refractivity contribution in [2.45, 2.75) is 12.4 Å². The molecule has 0 amide bonds. The number of alkyl halides is 6.